The van der Waals surface area contributed by atoms with Gasteiger partial charge in [-0.1, -0.05) is 56.9 Å². The molecule has 188 valence electrons. The number of aliphatic hydroxyl groups is 1. The molecule has 0 saturated heterocycles. The Bertz CT molecular complexity index is 840. The zero-order chi connectivity index (χ0) is 25.6. The lowest BCUT2D eigenvalue weighted by atomic mass is 9.86. The summed E-state index contributed by atoms with van der Waals surface area (Å²) < 4.78 is 13.6. The van der Waals surface area contributed by atoms with Gasteiger partial charge in [0.25, 0.3) is 0 Å². The van der Waals surface area contributed by atoms with E-state index in [2.05, 4.69) is 42.5 Å². The van der Waals surface area contributed by atoms with Gasteiger partial charge in [-0.25, -0.2) is 4.39 Å². The summed E-state index contributed by atoms with van der Waals surface area (Å²) in [5.41, 5.74) is 0.516. The van der Waals surface area contributed by atoms with Crippen molar-refractivity contribution in [2.75, 3.05) is 6.54 Å². The molecule has 7 heteroatoms. The maximum Gasteiger partial charge on any atom is 0.247 e. The molecule has 2 unspecified atom stereocenters. The van der Waals surface area contributed by atoms with Crippen LogP contribution in [0.3, 0.4) is 0 Å². The zero-order valence-electron chi connectivity index (χ0n) is 20.8. The number of allylic oxidation sites excluding steroid dienone is 8. The normalized spacial score (nSPS) is 18.6. The van der Waals surface area contributed by atoms with Gasteiger partial charge in [-0.15, -0.1) is 0 Å². The molecule has 0 bridgehead atoms. The third kappa shape index (κ3) is 11.9. The molecule has 34 heavy (non-hydrogen) atoms. The number of hydrogen-bond donors (Lipinski definition) is 4. The van der Waals surface area contributed by atoms with Gasteiger partial charge in [-0.2, -0.15) is 0 Å². The van der Waals surface area contributed by atoms with Crippen LogP contribution in [0, 0.1) is 5.92 Å². The van der Waals surface area contributed by atoms with E-state index < -0.39 is 23.9 Å². The van der Waals surface area contributed by atoms with Crippen LogP contribution in [0.4, 0.5) is 4.39 Å². The van der Waals surface area contributed by atoms with E-state index in [0.717, 1.165) is 31.4 Å². The number of carbonyl (C=O) groups is 2. The molecule has 0 aromatic carbocycles. The molecule has 0 spiro atoms. The molecule has 6 nitrogen and oxygen atoms in total. The molecule has 4 N–H and O–H groups in total. The van der Waals surface area contributed by atoms with Crippen LogP contribution in [-0.4, -0.2) is 41.2 Å². The molecule has 0 aliphatic heterocycles. The lowest BCUT2D eigenvalue weighted by Crippen LogP contribution is -2.46. The van der Waals surface area contributed by atoms with Crippen LogP contribution in [-0.2, 0) is 9.59 Å². The van der Waals surface area contributed by atoms with Gasteiger partial charge in [-0.3, -0.25) is 9.59 Å². The minimum atomic E-state index is -0.775. The van der Waals surface area contributed by atoms with Gasteiger partial charge in [0.05, 0.1) is 6.10 Å². The van der Waals surface area contributed by atoms with Gasteiger partial charge in [-0.05, 0) is 57.6 Å². The molecular formula is C27H40FN3O3. The monoisotopic (exact) mass is 473 g/mol. The second-order valence-electron chi connectivity index (χ2n) is 8.97. The maximum absolute atomic E-state index is 13.6. The first-order chi connectivity index (χ1) is 16.1. The van der Waals surface area contributed by atoms with Crippen LogP contribution in [0.25, 0.3) is 0 Å². The van der Waals surface area contributed by atoms with Gasteiger partial charge < -0.3 is 21.1 Å². The van der Waals surface area contributed by atoms with Crippen molar-refractivity contribution in [3.8, 4) is 0 Å². The lowest BCUT2D eigenvalue weighted by Gasteiger charge is -2.31. The van der Waals surface area contributed by atoms with E-state index in [0.29, 0.717) is 24.6 Å². The molecule has 1 aliphatic carbocycles. The molecule has 0 radical (unpaired) electrons. The van der Waals surface area contributed by atoms with E-state index in [1.165, 1.54) is 12.2 Å². The summed E-state index contributed by atoms with van der Waals surface area (Å²) in [5, 5.41) is 18.8. The predicted molar refractivity (Wildman–Crippen MR) is 136 cm³/mol. The minimum absolute atomic E-state index is 0.161. The van der Waals surface area contributed by atoms with E-state index in [4.69, 9.17) is 0 Å². The second kappa shape index (κ2) is 15.2. The summed E-state index contributed by atoms with van der Waals surface area (Å²) in [7, 11) is 0. The van der Waals surface area contributed by atoms with Crippen LogP contribution in [0.15, 0.2) is 72.8 Å². The Morgan fingerprint density at radius 1 is 1.35 bits per heavy atom. The molecule has 1 rings (SSSR count). The van der Waals surface area contributed by atoms with Crippen molar-refractivity contribution < 1.29 is 19.1 Å². The Balaban J connectivity index is 2.56. The van der Waals surface area contributed by atoms with Gasteiger partial charge in [0.2, 0.25) is 11.8 Å². The highest BCUT2D eigenvalue weighted by Gasteiger charge is 2.24. The fourth-order valence-corrected chi connectivity index (χ4v) is 3.51. The van der Waals surface area contributed by atoms with Crippen LogP contribution in [0.5, 0.6) is 0 Å². The number of rotatable bonds is 14. The first-order valence-electron chi connectivity index (χ1n) is 11.9. The van der Waals surface area contributed by atoms with Crippen molar-refractivity contribution >= 4 is 11.8 Å². The summed E-state index contributed by atoms with van der Waals surface area (Å²) in [5.74, 6) is -1.45. The molecule has 0 aromatic rings. The predicted octanol–water partition coefficient (Wildman–Crippen LogP) is 4.14. The number of carbonyl (C=O) groups excluding carboxylic acids is 2. The molecule has 3 atom stereocenters. The second-order valence-corrected chi connectivity index (χ2v) is 8.97. The molecule has 0 saturated carbocycles. The maximum atomic E-state index is 13.6. The molecular weight excluding hydrogens is 433 g/mol. The quantitative estimate of drug-likeness (QED) is 0.173. The first kappa shape index (κ1) is 29.3. The van der Waals surface area contributed by atoms with Crippen LogP contribution in [0.1, 0.15) is 53.4 Å². The number of amides is 2. The van der Waals surface area contributed by atoms with E-state index in [9.17, 15) is 19.1 Å². The Hall–Kier alpha value is -2.77. The van der Waals surface area contributed by atoms with Crippen LogP contribution >= 0.6 is 0 Å². The third-order valence-corrected chi connectivity index (χ3v) is 5.31. The molecule has 1 aliphatic rings. The Morgan fingerprint density at radius 3 is 2.68 bits per heavy atom. The summed E-state index contributed by atoms with van der Waals surface area (Å²) in [4.78, 5) is 24.6. The Labute approximate surface area is 203 Å². The van der Waals surface area contributed by atoms with Crippen LogP contribution < -0.4 is 16.0 Å². The largest absolute Gasteiger partial charge is 0.388 e. The SMILES string of the molecule is C=C/C=C\C(F)=C\C(=O)NC(CC)C(=O)NC1=CCC(CC(C)(C)NC[C@H](O)/C=C/CC)C=C1. The minimum Gasteiger partial charge on any atom is -0.388 e. The average Bonchev–Trinajstić information content (AvgIpc) is 2.79. The van der Waals surface area contributed by atoms with Gasteiger partial charge in [0.15, 0.2) is 0 Å². The number of aliphatic hydroxyl groups excluding tert-OH is 1. The van der Waals surface area contributed by atoms with Crippen molar-refractivity contribution in [1.29, 1.82) is 0 Å². The van der Waals surface area contributed by atoms with Crippen molar-refractivity contribution in [3.05, 3.63) is 72.8 Å². The molecule has 0 aromatic heterocycles. The van der Waals surface area contributed by atoms with Crippen molar-refractivity contribution in [2.24, 2.45) is 5.92 Å². The number of hydrogen-bond acceptors (Lipinski definition) is 4. The number of halogens is 1. The Morgan fingerprint density at radius 2 is 2.09 bits per heavy atom. The zero-order valence-corrected chi connectivity index (χ0v) is 20.8. The number of nitrogens with one attached hydrogen (secondary N) is 3. The summed E-state index contributed by atoms with van der Waals surface area (Å²) in [6, 6.07) is -0.775. The van der Waals surface area contributed by atoms with Crippen LogP contribution in [0.2, 0.25) is 0 Å². The highest BCUT2D eigenvalue weighted by atomic mass is 19.1. The summed E-state index contributed by atoms with van der Waals surface area (Å²) in [6.45, 7) is 11.9. The molecule has 2 amide bonds. The highest BCUT2D eigenvalue weighted by molar-refractivity contribution is 5.93. The fourth-order valence-electron chi connectivity index (χ4n) is 3.51. The number of β-amino-alcohol motifs (C(OH)–C–C–N with tert-alkyl or cyclic N) is 1. The first-order valence-corrected chi connectivity index (χ1v) is 11.9. The third-order valence-electron chi connectivity index (χ3n) is 5.31. The van der Waals surface area contributed by atoms with E-state index in [-0.39, 0.29) is 11.4 Å². The summed E-state index contributed by atoms with van der Waals surface area (Å²) in [6.07, 6.45) is 16.7. The van der Waals surface area contributed by atoms with Crippen molar-refractivity contribution in [1.82, 2.24) is 16.0 Å². The fraction of sp³-hybridized carbons (Fsp3) is 0.481. The standard InChI is InChI=1S/C27H40FN3O3/c1-6-9-11-21(28)17-25(33)31-24(8-3)26(34)30-22-15-13-20(14-16-22)18-27(4,5)29-19-23(32)12-10-7-2/h6,9-13,15-17,20,23-24,29,32H,1,7-8,14,18-19H2,2-5H3,(H,30,34)(H,31,33)/b11-9-,12-10+,21-17-/t20?,23-,24?/m1/s1. The van der Waals surface area contributed by atoms with E-state index >= 15 is 0 Å². The van der Waals surface area contributed by atoms with E-state index in [1.54, 1.807) is 13.0 Å². The smallest absolute Gasteiger partial charge is 0.247 e. The highest BCUT2D eigenvalue weighted by Crippen LogP contribution is 2.25. The summed E-state index contributed by atoms with van der Waals surface area (Å²) >= 11 is 0. The average molecular weight is 474 g/mol. The molecule has 0 fully saturated rings. The van der Waals surface area contributed by atoms with Gasteiger partial charge in [0.1, 0.15) is 11.9 Å². The van der Waals surface area contributed by atoms with Gasteiger partial charge >= 0.3 is 0 Å². The lowest BCUT2D eigenvalue weighted by molar-refractivity contribution is -0.126. The van der Waals surface area contributed by atoms with Crippen molar-refractivity contribution in [3.63, 3.8) is 0 Å². The topological polar surface area (TPSA) is 90.5 Å². The van der Waals surface area contributed by atoms with E-state index in [1.807, 2.05) is 25.2 Å². The Kier molecular flexibility index (Phi) is 13.1. The van der Waals surface area contributed by atoms with Gasteiger partial charge in [0, 0.05) is 23.9 Å². The molecule has 0 heterocycles. The van der Waals surface area contributed by atoms with Crippen molar-refractivity contribution in [2.45, 2.75) is 71.1 Å².